The van der Waals surface area contributed by atoms with Crippen LogP contribution in [0.15, 0.2) is 157 Å². The number of nitrogens with zero attached hydrogens (tertiary/aromatic N) is 1. The molecule has 4 aliphatic rings. The summed E-state index contributed by atoms with van der Waals surface area (Å²) in [6.07, 6.45) is 36.1. The van der Waals surface area contributed by atoms with Crippen LogP contribution in [0, 0.1) is 11.8 Å². The molecule has 46 heavy (non-hydrogen) atoms. The Kier molecular flexibility index (Phi) is 9.47. The van der Waals surface area contributed by atoms with E-state index in [0.717, 1.165) is 32.1 Å². The van der Waals surface area contributed by atoms with Crippen LogP contribution >= 0.6 is 0 Å². The molecule has 0 heterocycles. The van der Waals surface area contributed by atoms with E-state index in [9.17, 15) is 0 Å². The molecule has 0 spiro atoms. The Morgan fingerprint density at radius 2 is 1.50 bits per heavy atom. The highest BCUT2D eigenvalue weighted by Gasteiger charge is 2.31. The van der Waals surface area contributed by atoms with E-state index in [1.807, 2.05) is 0 Å². The zero-order chi connectivity index (χ0) is 31.1. The third kappa shape index (κ3) is 6.90. The molecule has 0 fully saturated rings. The maximum Gasteiger partial charge on any atom is 0.0514 e. The maximum atomic E-state index is 2.73. The summed E-state index contributed by atoms with van der Waals surface area (Å²) in [7, 11) is 0. The number of hydrogen-bond donors (Lipinski definition) is 0. The lowest BCUT2D eigenvalue weighted by molar-refractivity contribution is 0.180. The minimum absolute atomic E-state index is 0.404. The summed E-state index contributed by atoms with van der Waals surface area (Å²) in [4.78, 5) is 2.73. The minimum Gasteiger partial charge on any atom is -0.361 e. The van der Waals surface area contributed by atoms with Crippen LogP contribution in [-0.4, -0.2) is 17.0 Å². The smallest absolute Gasteiger partial charge is 0.0514 e. The molecular weight excluding hydrogens is 555 g/mol. The number of rotatable bonds is 9. The van der Waals surface area contributed by atoms with Crippen molar-refractivity contribution < 1.29 is 0 Å². The highest BCUT2D eigenvalue weighted by atomic mass is 15.2. The molecule has 7 rings (SSSR count). The van der Waals surface area contributed by atoms with Crippen molar-refractivity contribution in [1.82, 2.24) is 4.90 Å². The van der Waals surface area contributed by atoms with Gasteiger partial charge in [0.1, 0.15) is 0 Å². The monoisotopic (exact) mass is 601 g/mol. The Morgan fingerprint density at radius 3 is 2.17 bits per heavy atom. The van der Waals surface area contributed by atoms with E-state index in [-0.39, 0.29) is 0 Å². The van der Waals surface area contributed by atoms with Crippen LogP contribution in [-0.2, 0) is 6.42 Å². The van der Waals surface area contributed by atoms with Crippen LogP contribution < -0.4 is 0 Å². The molecule has 0 aliphatic heterocycles. The van der Waals surface area contributed by atoms with Gasteiger partial charge in [-0.25, -0.2) is 0 Å². The summed E-state index contributed by atoms with van der Waals surface area (Å²) < 4.78 is 0. The molecule has 3 aromatic carbocycles. The lowest BCUT2D eigenvalue weighted by Crippen LogP contribution is -2.45. The first kappa shape index (κ1) is 30.3. The Morgan fingerprint density at radius 1 is 0.717 bits per heavy atom. The van der Waals surface area contributed by atoms with Gasteiger partial charge in [-0.15, -0.1) is 0 Å². The van der Waals surface area contributed by atoms with Gasteiger partial charge < -0.3 is 4.90 Å². The van der Waals surface area contributed by atoms with Gasteiger partial charge >= 0.3 is 0 Å². The molecule has 232 valence electrons. The quantitative estimate of drug-likeness (QED) is 0.221. The van der Waals surface area contributed by atoms with Crippen molar-refractivity contribution in [2.75, 3.05) is 0 Å². The van der Waals surface area contributed by atoms with Crippen LogP contribution in [0.1, 0.15) is 68.1 Å². The third-order valence-electron chi connectivity index (χ3n) is 10.5. The number of allylic oxidation sites excluding steroid dienone is 11. The van der Waals surface area contributed by atoms with Crippen molar-refractivity contribution in [3.8, 4) is 11.1 Å². The van der Waals surface area contributed by atoms with E-state index in [2.05, 4.69) is 164 Å². The van der Waals surface area contributed by atoms with Gasteiger partial charge in [0.2, 0.25) is 0 Å². The van der Waals surface area contributed by atoms with Crippen molar-refractivity contribution >= 4 is 5.57 Å². The van der Waals surface area contributed by atoms with Crippen LogP contribution in [0.3, 0.4) is 0 Å². The largest absolute Gasteiger partial charge is 0.361 e. The molecular formula is C45H47N. The molecule has 5 unspecified atom stereocenters. The van der Waals surface area contributed by atoms with E-state index in [0.29, 0.717) is 29.8 Å². The van der Waals surface area contributed by atoms with Gasteiger partial charge in [-0.3, -0.25) is 0 Å². The number of hydrogen-bond acceptors (Lipinski definition) is 1. The van der Waals surface area contributed by atoms with Crippen molar-refractivity contribution in [3.63, 3.8) is 0 Å². The molecule has 3 aromatic rings. The highest BCUT2D eigenvalue weighted by Crippen LogP contribution is 2.36. The second-order valence-corrected chi connectivity index (χ2v) is 13.5. The zero-order valence-corrected chi connectivity index (χ0v) is 27.2. The first-order valence-electron chi connectivity index (χ1n) is 17.5. The standard InChI is InChI=1S/C45H47N/c1-34-13-11-12-20-45(34)46(42-18-9-4-10-19-42)43-31-29-39(30-32-43)38-27-25-37(26-28-38)36-23-21-35(22-24-36)33-44(40-14-5-2-6-15-40)41-16-7-3-8-17-41/h2-9,12,14-16,18,20-31,34,41,43-45H,10-11,13,17,19,32-33H2,1H3. The third-order valence-corrected chi connectivity index (χ3v) is 10.5. The Hall–Kier alpha value is -4.36. The first-order valence-corrected chi connectivity index (χ1v) is 17.5. The fraction of sp³-hybridized carbons (Fsp3) is 0.289. The molecule has 0 saturated carbocycles. The summed E-state index contributed by atoms with van der Waals surface area (Å²) >= 11 is 0. The zero-order valence-electron chi connectivity index (χ0n) is 27.2. The summed E-state index contributed by atoms with van der Waals surface area (Å²) in [5, 5.41) is 0. The fourth-order valence-electron chi connectivity index (χ4n) is 7.84. The number of benzene rings is 3. The van der Waals surface area contributed by atoms with Crippen LogP contribution in [0.2, 0.25) is 0 Å². The van der Waals surface area contributed by atoms with Crippen LogP contribution in [0.5, 0.6) is 0 Å². The van der Waals surface area contributed by atoms with Gasteiger partial charge in [0.25, 0.3) is 0 Å². The Balaban J connectivity index is 1.03. The average molecular weight is 602 g/mol. The van der Waals surface area contributed by atoms with E-state index in [1.165, 1.54) is 51.9 Å². The predicted molar refractivity (Wildman–Crippen MR) is 196 cm³/mol. The summed E-state index contributed by atoms with van der Waals surface area (Å²) in [6.45, 7) is 2.43. The molecule has 4 aliphatic carbocycles. The minimum atomic E-state index is 0.404. The predicted octanol–water partition coefficient (Wildman–Crippen LogP) is 11.4. The van der Waals surface area contributed by atoms with Crippen LogP contribution in [0.4, 0.5) is 0 Å². The van der Waals surface area contributed by atoms with E-state index in [1.54, 1.807) is 0 Å². The Labute approximate surface area is 276 Å². The van der Waals surface area contributed by atoms with Gasteiger partial charge in [0, 0.05) is 5.70 Å². The second-order valence-electron chi connectivity index (χ2n) is 13.5. The van der Waals surface area contributed by atoms with E-state index >= 15 is 0 Å². The van der Waals surface area contributed by atoms with E-state index in [4.69, 9.17) is 0 Å². The summed E-state index contributed by atoms with van der Waals surface area (Å²) in [5.41, 5.74) is 9.51. The van der Waals surface area contributed by atoms with E-state index < -0.39 is 0 Å². The van der Waals surface area contributed by atoms with Crippen molar-refractivity contribution in [1.29, 1.82) is 0 Å². The molecule has 1 heteroatoms. The SMILES string of the molecule is CC1CCC=CC1N(C1=CC=CCC1)C1C=CC(c2ccc(-c3ccc(CC(c4ccccc4)C4C=CC=CC4)cc3)cc2)=CC1. The molecule has 0 aromatic heterocycles. The fourth-order valence-corrected chi connectivity index (χ4v) is 7.84. The molecule has 1 nitrogen and oxygen atoms in total. The highest BCUT2D eigenvalue weighted by molar-refractivity contribution is 5.77. The maximum absolute atomic E-state index is 2.73. The van der Waals surface area contributed by atoms with Crippen LogP contribution in [0.25, 0.3) is 16.7 Å². The summed E-state index contributed by atoms with van der Waals surface area (Å²) in [6, 6.07) is 30.4. The lowest BCUT2D eigenvalue weighted by atomic mass is 9.78. The molecule has 5 atom stereocenters. The van der Waals surface area contributed by atoms with Gasteiger partial charge in [-0.05, 0) is 102 Å². The Bertz CT molecular complexity index is 1680. The average Bonchev–Trinajstić information content (AvgIpc) is 3.13. The second kappa shape index (κ2) is 14.4. The topological polar surface area (TPSA) is 3.24 Å². The molecule has 0 radical (unpaired) electrons. The first-order chi connectivity index (χ1) is 22.7. The normalized spacial score (nSPS) is 24.4. The van der Waals surface area contributed by atoms with Crippen molar-refractivity contribution in [2.24, 2.45) is 11.8 Å². The molecule has 0 saturated heterocycles. The van der Waals surface area contributed by atoms with Gasteiger partial charge in [0.15, 0.2) is 0 Å². The molecule has 0 N–H and O–H groups in total. The lowest BCUT2D eigenvalue weighted by Gasteiger charge is -2.44. The summed E-state index contributed by atoms with van der Waals surface area (Å²) in [5.74, 6) is 1.69. The van der Waals surface area contributed by atoms with Crippen molar-refractivity contribution in [2.45, 2.75) is 69.9 Å². The van der Waals surface area contributed by atoms with Gasteiger partial charge in [-0.2, -0.15) is 0 Å². The molecule has 0 bridgehead atoms. The van der Waals surface area contributed by atoms with Gasteiger partial charge in [0.05, 0.1) is 12.1 Å². The van der Waals surface area contributed by atoms with Gasteiger partial charge in [-0.1, -0.05) is 153 Å². The molecule has 0 amide bonds. The van der Waals surface area contributed by atoms with Crippen molar-refractivity contribution in [3.05, 3.63) is 174 Å².